The molecule has 3 amide bonds. The second-order valence-corrected chi connectivity index (χ2v) is 8.94. The normalized spacial score (nSPS) is 14.7. The number of fused-ring (bicyclic) bond motifs is 1. The molecule has 4 rings (SSSR count). The lowest BCUT2D eigenvalue weighted by Crippen LogP contribution is -2.37. The first-order valence-corrected chi connectivity index (χ1v) is 11.9. The lowest BCUT2D eigenvalue weighted by Gasteiger charge is -2.13. The summed E-state index contributed by atoms with van der Waals surface area (Å²) in [5.41, 5.74) is 1.97. The Morgan fingerprint density at radius 3 is 2.66 bits per heavy atom. The molecular formula is C26H24N2O6S. The molecule has 2 heterocycles. The molecule has 0 radical (unpaired) electrons. The van der Waals surface area contributed by atoms with Crippen LogP contribution in [0.1, 0.15) is 23.1 Å². The first-order chi connectivity index (χ1) is 16.9. The molecule has 0 spiro atoms. The lowest BCUT2D eigenvalue weighted by molar-refractivity contribution is -0.124. The first-order valence-electron chi connectivity index (χ1n) is 11.0. The number of ether oxygens (including phenoxy) is 1. The Hall–Kier alpha value is -3.85. The molecule has 1 saturated heterocycles. The molecule has 9 heteroatoms. The third kappa shape index (κ3) is 5.46. The maximum absolute atomic E-state index is 12.6. The van der Waals surface area contributed by atoms with Crippen molar-refractivity contribution < 1.29 is 23.5 Å². The van der Waals surface area contributed by atoms with Gasteiger partial charge in [-0.1, -0.05) is 30.3 Å². The maximum Gasteiger partial charge on any atom is 0.339 e. The standard InChI is InChI=1S/C26H24N2O6S/c1-16-19-9-8-18(33-2)15-21(19)34-25(31)20(16)10-11-23(29)27-12-13-28-24(30)22(35-26(28)32)14-17-6-4-3-5-7-17/h3-9,14-15H,10-13H2,1-2H3,(H,27,29)/b22-14-. The number of amides is 3. The summed E-state index contributed by atoms with van der Waals surface area (Å²) in [4.78, 5) is 51.1. The zero-order valence-electron chi connectivity index (χ0n) is 19.3. The molecule has 0 bridgehead atoms. The van der Waals surface area contributed by atoms with Crippen LogP contribution in [0, 0.1) is 6.92 Å². The van der Waals surface area contributed by atoms with E-state index < -0.39 is 5.63 Å². The van der Waals surface area contributed by atoms with E-state index in [1.165, 1.54) is 7.11 Å². The summed E-state index contributed by atoms with van der Waals surface area (Å²) in [5, 5.41) is 3.13. The number of nitrogens with one attached hydrogen (secondary N) is 1. The minimum absolute atomic E-state index is 0.0709. The molecule has 0 unspecified atom stereocenters. The summed E-state index contributed by atoms with van der Waals surface area (Å²) in [7, 11) is 1.54. The molecule has 2 aromatic carbocycles. The fourth-order valence-corrected chi connectivity index (χ4v) is 4.68. The Bertz CT molecular complexity index is 1380. The molecule has 35 heavy (non-hydrogen) atoms. The van der Waals surface area contributed by atoms with Gasteiger partial charge in [0.05, 0.1) is 12.0 Å². The van der Waals surface area contributed by atoms with Crippen molar-refractivity contribution in [3.8, 4) is 5.75 Å². The van der Waals surface area contributed by atoms with Crippen LogP contribution in [0.15, 0.2) is 62.6 Å². The van der Waals surface area contributed by atoms with Gasteiger partial charge in [-0.15, -0.1) is 0 Å². The smallest absolute Gasteiger partial charge is 0.339 e. The SMILES string of the molecule is COc1ccc2c(C)c(CCC(=O)NCCN3C(=O)S/C(=C\c4ccccc4)C3=O)c(=O)oc2c1. The Balaban J connectivity index is 1.32. The largest absolute Gasteiger partial charge is 0.497 e. The minimum Gasteiger partial charge on any atom is -0.497 e. The minimum atomic E-state index is -0.487. The van der Waals surface area contributed by atoms with Gasteiger partial charge in [-0.3, -0.25) is 19.3 Å². The van der Waals surface area contributed by atoms with E-state index in [0.717, 1.165) is 33.2 Å². The van der Waals surface area contributed by atoms with Crippen molar-refractivity contribution in [2.75, 3.05) is 20.2 Å². The highest BCUT2D eigenvalue weighted by atomic mass is 32.2. The molecule has 1 fully saturated rings. The van der Waals surface area contributed by atoms with Gasteiger partial charge in [0, 0.05) is 36.5 Å². The molecule has 0 saturated carbocycles. The lowest BCUT2D eigenvalue weighted by atomic mass is 10.0. The summed E-state index contributed by atoms with van der Waals surface area (Å²) in [6.45, 7) is 2.02. The van der Waals surface area contributed by atoms with E-state index in [9.17, 15) is 19.2 Å². The van der Waals surface area contributed by atoms with Crippen molar-refractivity contribution in [1.29, 1.82) is 0 Å². The van der Waals surface area contributed by atoms with Crippen LogP contribution in [-0.4, -0.2) is 42.2 Å². The molecular weight excluding hydrogens is 468 g/mol. The molecule has 0 atom stereocenters. The van der Waals surface area contributed by atoms with Crippen LogP contribution in [0.2, 0.25) is 0 Å². The van der Waals surface area contributed by atoms with Gasteiger partial charge in [0.2, 0.25) is 5.91 Å². The Morgan fingerprint density at radius 1 is 1.14 bits per heavy atom. The van der Waals surface area contributed by atoms with Gasteiger partial charge in [-0.25, -0.2) is 4.79 Å². The maximum atomic E-state index is 12.6. The fraction of sp³-hybridized carbons (Fsp3) is 0.231. The predicted molar refractivity (Wildman–Crippen MR) is 134 cm³/mol. The summed E-state index contributed by atoms with van der Waals surface area (Å²) in [6.07, 6.45) is 1.96. The van der Waals surface area contributed by atoms with Crippen molar-refractivity contribution >= 4 is 45.9 Å². The number of methoxy groups -OCH3 is 1. The number of aryl methyl sites for hydroxylation is 1. The van der Waals surface area contributed by atoms with E-state index >= 15 is 0 Å². The van der Waals surface area contributed by atoms with Crippen LogP contribution in [0.25, 0.3) is 17.0 Å². The van der Waals surface area contributed by atoms with E-state index in [-0.39, 0.29) is 43.0 Å². The number of benzene rings is 2. The van der Waals surface area contributed by atoms with Gasteiger partial charge in [0.15, 0.2) is 0 Å². The average Bonchev–Trinajstić information content (AvgIpc) is 3.11. The molecule has 1 aliphatic rings. The van der Waals surface area contributed by atoms with Crippen LogP contribution < -0.4 is 15.7 Å². The van der Waals surface area contributed by atoms with Crippen molar-refractivity contribution in [3.05, 3.63) is 80.5 Å². The number of rotatable bonds is 8. The van der Waals surface area contributed by atoms with E-state index in [1.807, 2.05) is 43.3 Å². The first kappa shape index (κ1) is 24.3. The summed E-state index contributed by atoms with van der Waals surface area (Å²) in [6, 6.07) is 14.5. The highest BCUT2D eigenvalue weighted by Gasteiger charge is 2.34. The van der Waals surface area contributed by atoms with Gasteiger partial charge < -0.3 is 14.5 Å². The van der Waals surface area contributed by atoms with Crippen molar-refractivity contribution in [2.45, 2.75) is 19.8 Å². The monoisotopic (exact) mass is 492 g/mol. The van der Waals surface area contributed by atoms with Crippen LogP contribution in [0.5, 0.6) is 5.75 Å². The molecule has 0 aliphatic carbocycles. The highest BCUT2D eigenvalue weighted by Crippen LogP contribution is 2.31. The summed E-state index contributed by atoms with van der Waals surface area (Å²) >= 11 is 0.882. The molecule has 1 aromatic heterocycles. The van der Waals surface area contributed by atoms with Gasteiger partial charge in [-0.05, 0) is 54.4 Å². The van der Waals surface area contributed by atoms with E-state index in [4.69, 9.17) is 9.15 Å². The van der Waals surface area contributed by atoms with E-state index in [1.54, 1.807) is 18.2 Å². The van der Waals surface area contributed by atoms with Gasteiger partial charge in [0.25, 0.3) is 11.1 Å². The van der Waals surface area contributed by atoms with Crippen molar-refractivity contribution in [3.63, 3.8) is 0 Å². The second-order valence-electron chi connectivity index (χ2n) is 7.95. The molecule has 180 valence electrons. The summed E-state index contributed by atoms with van der Waals surface area (Å²) < 4.78 is 10.6. The average molecular weight is 493 g/mol. The zero-order chi connectivity index (χ0) is 24.9. The van der Waals surface area contributed by atoms with Gasteiger partial charge in [0.1, 0.15) is 11.3 Å². The van der Waals surface area contributed by atoms with Crippen LogP contribution in [0.4, 0.5) is 4.79 Å². The molecule has 8 nitrogen and oxygen atoms in total. The number of carbonyl (C=O) groups excluding carboxylic acids is 3. The Morgan fingerprint density at radius 2 is 1.91 bits per heavy atom. The number of imide groups is 1. The quantitative estimate of drug-likeness (QED) is 0.376. The van der Waals surface area contributed by atoms with E-state index in [0.29, 0.717) is 21.8 Å². The van der Waals surface area contributed by atoms with Crippen LogP contribution in [-0.2, 0) is 16.0 Å². The predicted octanol–water partition coefficient (Wildman–Crippen LogP) is 3.90. The van der Waals surface area contributed by atoms with E-state index in [2.05, 4.69) is 5.32 Å². The third-order valence-corrected chi connectivity index (χ3v) is 6.63. The number of thioether (sulfide) groups is 1. The molecule has 1 N–H and O–H groups in total. The molecule has 1 aliphatic heterocycles. The number of hydrogen-bond acceptors (Lipinski definition) is 7. The highest BCUT2D eigenvalue weighted by molar-refractivity contribution is 8.18. The number of carbonyl (C=O) groups is 3. The fourth-order valence-electron chi connectivity index (χ4n) is 3.82. The summed E-state index contributed by atoms with van der Waals surface area (Å²) in [5.74, 6) is -0.0761. The third-order valence-electron chi connectivity index (χ3n) is 5.73. The van der Waals surface area contributed by atoms with Crippen LogP contribution >= 0.6 is 11.8 Å². The number of nitrogens with zero attached hydrogens (tertiary/aromatic N) is 1. The van der Waals surface area contributed by atoms with Gasteiger partial charge in [-0.2, -0.15) is 0 Å². The molecule has 3 aromatic rings. The Kier molecular flexibility index (Phi) is 7.36. The van der Waals surface area contributed by atoms with Gasteiger partial charge >= 0.3 is 5.63 Å². The van der Waals surface area contributed by atoms with Crippen molar-refractivity contribution in [2.24, 2.45) is 0 Å². The number of hydrogen-bond donors (Lipinski definition) is 1. The van der Waals surface area contributed by atoms with Crippen LogP contribution in [0.3, 0.4) is 0 Å². The van der Waals surface area contributed by atoms with Crippen molar-refractivity contribution in [1.82, 2.24) is 10.2 Å². The Labute approximate surface area is 205 Å². The second kappa shape index (κ2) is 10.6. The topological polar surface area (TPSA) is 106 Å². The zero-order valence-corrected chi connectivity index (χ0v) is 20.1.